The summed E-state index contributed by atoms with van der Waals surface area (Å²) in [5.74, 6) is -0.107. The van der Waals surface area contributed by atoms with Crippen LogP contribution in [0.1, 0.15) is 56.7 Å². The van der Waals surface area contributed by atoms with Crippen molar-refractivity contribution in [3.8, 4) is 5.75 Å². The highest BCUT2D eigenvalue weighted by Crippen LogP contribution is 2.46. The molecule has 3 rings (SSSR count). The van der Waals surface area contributed by atoms with Crippen LogP contribution in [0.4, 0.5) is 4.79 Å². The zero-order valence-corrected chi connectivity index (χ0v) is 17.6. The summed E-state index contributed by atoms with van der Waals surface area (Å²) < 4.78 is 5.54. The van der Waals surface area contributed by atoms with Gasteiger partial charge in [-0.3, -0.25) is 9.69 Å². The Hall–Kier alpha value is -2.37. The Morgan fingerprint density at radius 3 is 2.46 bits per heavy atom. The summed E-state index contributed by atoms with van der Waals surface area (Å²) >= 11 is 0. The molecule has 28 heavy (non-hydrogen) atoms. The van der Waals surface area contributed by atoms with Crippen molar-refractivity contribution in [2.75, 3.05) is 6.54 Å². The molecule has 1 aliphatic carbocycles. The van der Waals surface area contributed by atoms with Crippen molar-refractivity contribution in [2.45, 2.75) is 66.3 Å². The number of benzene rings is 1. The van der Waals surface area contributed by atoms with Crippen molar-refractivity contribution in [2.24, 2.45) is 11.3 Å². The zero-order valence-electron chi connectivity index (χ0n) is 17.6. The zero-order chi connectivity index (χ0) is 20.9. The van der Waals surface area contributed by atoms with E-state index >= 15 is 0 Å². The number of carbonyl (C=O) groups is 3. The smallest absolute Gasteiger partial charge is 0.331 e. The van der Waals surface area contributed by atoms with Crippen LogP contribution in [0.15, 0.2) is 12.1 Å². The number of ether oxygens (including phenoxy) is 1. The molecule has 2 fully saturated rings. The second kappa shape index (κ2) is 6.90. The minimum absolute atomic E-state index is 0.0487. The third kappa shape index (κ3) is 3.64. The van der Waals surface area contributed by atoms with E-state index in [4.69, 9.17) is 4.74 Å². The van der Waals surface area contributed by atoms with Crippen molar-refractivity contribution in [3.05, 3.63) is 28.8 Å². The van der Waals surface area contributed by atoms with Gasteiger partial charge in [0.05, 0.1) is 0 Å². The number of hydrogen-bond donors (Lipinski definition) is 1. The summed E-state index contributed by atoms with van der Waals surface area (Å²) in [5.41, 5.74) is 1.78. The highest BCUT2D eigenvalue weighted by Gasteiger charge is 2.56. The first-order valence-corrected chi connectivity index (χ1v) is 9.86. The lowest BCUT2D eigenvalue weighted by molar-refractivity contribution is -0.142. The molecule has 0 radical (unpaired) electrons. The van der Waals surface area contributed by atoms with Crippen molar-refractivity contribution < 1.29 is 19.1 Å². The Balaban J connectivity index is 1.77. The van der Waals surface area contributed by atoms with Crippen molar-refractivity contribution in [1.29, 1.82) is 0 Å². The molecule has 0 unspecified atom stereocenters. The third-order valence-corrected chi connectivity index (χ3v) is 6.00. The van der Waals surface area contributed by atoms with Crippen molar-refractivity contribution >= 4 is 17.9 Å². The largest absolute Gasteiger partial charge is 0.425 e. The molecule has 6 heteroatoms. The lowest BCUT2D eigenvalue weighted by atomic mass is 9.64. The third-order valence-electron chi connectivity index (χ3n) is 6.00. The van der Waals surface area contributed by atoms with Crippen LogP contribution < -0.4 is 10.1 Å². The van der Waals surface area contributed by atoms with Gasteiger partial charge in [-0.15, -0.1) is 0 Å². The maximum absolute atomic E-state index is 13.1. The summed E-state index contributed by atoms with van der Waals surface area (Å²) in [4.78, 5) is 39.2. The molecule has 1 saturated carbocycles. The molecule has 2 atom stereocenters. The molecule has 0 aromatic heterocycles. The Morgan fingerprint density at radius 2 is 1.82 bits per heavy atom. The second-order valence-electron chi connectivity index (χ2n) is 9.39. The molecule has 1 aromatic carbocycles. The van der Waals surface area contributed by atoms with E-state index in [1.165, 1.54) is 0 Å². The Labute approximate surface area is 166 Å². The van der Waals surface area contributed by atoms with Crippen LogP contribution in [-0.2, 0) is 9.59 Å². The number of urea groups is 1. The van der Waals surface area contributed by atoms with Crippen LogP contribution in [0.5, 0.6) is 5.75 Å². The molecular formula is C22H30N2O4. The molecule has 1 N–H and O–H groups in total. The number of hydrogen-bond acceptors (Lipinski definition) is 4. The van der Waals surface area contributed by atoms with Gasteiger partial charge in [0.2, 0.25) is 0 Å². The molecule has 1 spiro atoms. The summed E-state index contributed by atoms with van der Waals surface area (Å²) in [7, 11) is 0. The van der Waals surface area contributed by atoms with Gasteiger partial charge in [0, 0.05) is 0 Å². The molecule has 6 nitrogen and oxygen atoms in total. The number of aryl methyl sites for hydroxylation is 2. The fourth-order valence-electron chi connectivity index (χ4n) is 5.01. The summed E-state index contributed by atoms with van der Waals surface area (Å²) in [6.45, 7) is 11.6. The predicted molar refractivity (Wildman–Crippen MR) is 106 cm³/mol. The molecule has 0 bridgehead atoms. The van der Waals surface area contributed by atoms with E-state index in [0.717, 1.165) is 28.0 Å². The van der Waals surface area contributed by atoms with E-state index in [9.17, 15) is 14.4 Å². The van der Waals surface area contributed by atoms with E-state index < -0.39 is 17.5 Å². The molecule has 1 heterocycles. The van der Waals surface area contributed by atoms with Crippen molar-refractivity contribution in [1.82, 2.24) is 10.2 Å². The summed E-state index contributed by atoms with van der Waals surface area (Å²) in [5, 5.41) is 2.89. The summed E-state index contributed by atoms with van der Waals surface area (Å²) in [6, 6.07) is 3.35. The van der Waals surface area contributed by atoms with E-state index in [-0.39, 0.29) is 17.9 Å². The molecule has 2 aliphatic rings. The number of nitrogens with one attached hydrogen (secondary N) is 1. The average Bonchev–Trinajstić information content (AvgIpc) is 2.77. The minimum atomic E-state index is -0.909. The van der Waals surface area contributed by atoms with Gasteiger partial charge < -0.3 is 10.1 Å². The van der Waals surface area contributed by atoms with E-state index in [0.29, 0.717) is 24.5 Å². The maximum Gasteiger partial charge on any atom is 0.331 e. The standard InChI is InChI=1S/C22H30N2O4/c1-13-9-21(5,6)12-22(10-13)19(26)24(20(27)23-22)11-17(25)28-18-15(3)8-7-14(2)16(18)4/h7-8,13H,9-12H2,1-6H3,(H,23,27)/t13-,22-/m0/s1. The fraction of sp³-hybridized carbons (Fsp3) is 0.591. The SMILES string of the molecule is Cc1ccc(C)c(OC(=O)CN2C(=O)N[C@]3(C[C@@H](C)CC(C)(C)C3)C2=O)c1C. The van der Waals surface area contributed by atoms with Crippen LogP contribution in [0.25, 0.3) is 0 Å². The molecule has 1 aliphatic heterocycles. The van der Waals surface area contributed by atoms with E-state index in [2.05, 4.69) is 26.1 Å². The first-order valence-electron chi connectivity index (χ1n) is 9.86. The number of esters is 1. The lowest BCUT2D eigenvalue weighted by Crippen LogP contribution is -2.54. The van der Waals surface area contributed by atoms with Gasteiger partial charge >= 0.3 is 12.0 Å². The van der Waals surface area contributed by atoms with E-state index in [1.54, 1.807) is 0 Å². The normalized spacial score (nSPS) is 26.5. The van der Waals surface area contributed by atoms with Crippen LogP contribution in [-0.4, -0.2) is 34.9 Å². The Morgan fingerprint density at radius 1 is 1.18 bits per heavy atom. The lowest BCUT2D eigenvalue weighted by Gasteiger charge is -2.43. The van der Waals surface area contributed by atoms with Gasteiger partial charge in [0.15, 0.2) is 0 Å². The van der Waals surface area contributed by atoms with Gasteiger partial charge in [-0.25, -0.2) is 9.59 Å². The number of amides is 3. The fourth-order valence-corrected chi connectivity index (χ4v) is 5.01. The molecule has 1 aromatic rings. The highest BCUT2D eigenvalue weighted by molar-refractivity contribution is 6.08. The van der Waals surface area contributed by atoms with E-state index in [1.807, 2.05) is 32.9 Å². The number of imide groups is 1. The highest BCUT2D eigenvalue weighted by atomic mass is 16.5. The van der Waals surface area contributed by atoms with Gasteiger partial charge in [-0.1, -0.05) is 32.9 Å². The van der Waals surface area contributed by atoms with Gasteiger partial charge in [-0.2, -0.15) is 0 Å². The quantitative estimate of drug-likeness (QED) is 0.489. The van der Waals surface area contributed by atoms with Crippen LogP contribution in [0.3, 0.4) is 0 Å². The summed E-state index contributed by atoms with van der Waals surface area (Å²) in [6.07, 6.45) is 2.19. The van der Waals surface area contributed by atoms with Crippen LogP contribution >= 0.6 is 0 Å². The Bertz CT molecular complexity index is 845. The molecular weight excluding hydrogens is 356 g/mol. The van der Waals surface area contributed by atoms with Crippen LogP contribution in [0.2, 0.25) is 0 Å². The number of nitrogens with zero attached hydrogens (tertiary/aromatic N) is 1. The molecule has 3 amide bonds. The first-order chi connectivity index (χ1) is 12.9. The number of rotatable bonds is 3. The predicted octanol–water partition coefficient (Wildman–Crippen LogP) is 3.65. The Kier molecular flexibility index (Phi) is 5.02. The van der Waals surface area contributed by atoms with Gasteiger partial charge in [-0.05, 0) is 68.1 Å². The van der Waals surface area contributed by atoms with Gasteiger partial charge in [0.25, 0.3) is 5.91 Å². The second-order valence-corrected chi connectivity index (χ2v) is 9.39. The first kappa shape index (κ1) is 20.4. The van der Waals surface area contributed by atoms with Crippen molar-refractivity contribution in [3.63, 3.8) is 0 Å². The average molecular weight is 386 g/mol. The van der Waals surface area contributed by atoms with Gasteiger partial charge in [0.1, 0.15) is 17.8 Å². The number of carbonyl (C=O) groups excluding carboxylic acids is 3. The topological polar surface area (TPSA) is 75.7 Å². The molecule has 152 valence electrons. The molecule has 1 saturated heterocycles. The van der Waals surface area contributed by atoms with Crippen LogP contribution in [0, 0.1) is 32.1 Å². The minimum Gasteiger partial charge on any atom is -0.425 e. The monoisotopic (exact) mass is 386 g/mol. The maximum atomic E-state index is 13.1.